The molecule has 1 N–H and O–H groups in total. The van der Waals surface area contributed by atoms with Gasteiger partial charge in [-0.2, -0.15) is 0 Å². The van der Waals surface area contributed by atoms with Crippen LogP contribution in [0.5, 0.6) is 0 Å². The summed E-state index contributed by atoms with van der Waals surface area (Å²) in [6.07, 6.45) is 2.68. The minimum atomic E-state index is 0.705. The number of hydrogen-bond acceptors (Lipinski definition) is 5. The zero-order valence-corrected chi connectivity index (χ0v) is 20.0. The molecule has 1 aromatic carbocycles. The maximum absolute atomic E-state index is 5.62. The molecule has 0 saturated carbocycles. The lowest BCUT2D eigenvalue weighted by Gasteiger charge is -2.35. The molecule has 4 rings (SSSR count). The quantitative estimate of drug-likeness (QED) is 0.573. The molecule has 3 aromatic rings. The highest BCUT2D eigenvalue weighted by Gasteiger charge is 2.18. The lowest BCUT2D eigenvalue weighted by Crippen LogP contribution is -2.46. The molecule has 6 nitrogen and oxygen atoms in total. The van der Waals surface area contributed by atoms with Crippen molar-refractivity contribution in [2.75, 3.05) is 56.5 Å². The second-order valence-corrected chi connectivity index (χ2v) is 8.76. The smallest absolute Gasteiger partial charge is 0.173 e. The molecule has 168 valence electrons. The molecule has 1 fully saturated rings. The van der Waals surface area contributed by atoms with Crippen LogP contribution in [0.3, 0.4) is 0 Å². The second kappa shape index (κ2) is 10.2. The number of thiocarbonyl (C=S) groups is 1. The summed E-state index contributed by atoms with van der Waals surface area (Å²) in [6, 6.07) is 14.5. The van der Waals surface area contributed by atoms with Crippen molar-refractivity contribution >= 4 is 39.7 Å². The Morgan fingerprint density at radius 2 is 1.94 bits per heavy atom. The molecule has 0 spiro atoms. The van der Waals surface area contributed by atoms with E-state index >= 15 is 0 Å². The molecule has 3 heterocycles. The number of aryl methyl sites for hydroxylation is 1. The first kappa shape index (κ1) is 22.4. The molecular weight excluding hydrogens is 416 g/mol. The normalized spacial score (nSPS) is 14.5. The SMILES string of the molecule is CCN1CCN(c2cc(C)c3cc(NC(=S)N(C)CCc4ccccn4)ccc3n2)CC1. The van der Waals surface area contributed by atoms with Crippen molar-refractivity contribution < 1.29 is 0 Å². The monoisotopic (exact) mass is 448 g/mol. The summed E-state index contributed by atoms with van der Waals surface area (Å²) in [4.78, 5) is 16.3. The maximum atomic E-state index is 5.62. The highest BCUT2D eigenvalue weighted by molar-refractivity contribution is 7.80. The van der Waals surface area contributed by atoms with E-state index in [1.807, 2.05) is 31.4 Å². The van der Waals surface area contributed by atoms with E-state index in [4.69, 9.17) is 17.2 Å². The summed E-state index contributed by atoms with van der Waals surface area (Å²) in [6.45, 7) is 10.6. The first-order valence-electron chi connectivity index (χ1n) is 11.3. The average Bonchev–Trinajstić information content (AvgIpc) is 2.83. The van der Waals surface area contributed by atoms with Crippen LogP contribution in [0.2, 0.25) is 0 Å². The molecule has 32 heavy (non-hydrogen) atoms. The van der Waals surface area contributed by atoms with E-state index in [0.717, 1.165) is 73.8 Å². The summed E-state index contributed by atoms with van der Waals surface area (Å²) in [5.74, 6) is 1.08. The second-order valence-electron chi connectivity index (χ2n) is 8.37. The van der Waals surface area contributed by atoms with E-state index in [1.54, 1.807) is 0 Å². The highest BCUT2D eigenvalue weighted by Crippen LogP contribution is 2.26. The third-order valence-corrected chi connectivity index (χ3v) is 6.59. The van der Waals surface area contributed by atoms with Gasteiger partial charge in [0.25, 0.3) is 0 Å². The summed E-state index contributed by atoms with van der Waals surface area (Å²) < 4.78 is 0. The fourth-order valence-corrected chi connectivity index (χ4v) is 4.27. The van der Waals surface area contributed by atoms with E-state index in [2.05, 4.69) is 63.1 Å². The van der Waals surface area contributed by atoms with Gasteiger partial charge in [-0.25, -0.2) is 4.98 Å². The van der Waals surface area contributed by atoms with Gasteiger partial charge in [0.1, 0.15) is 5.82 Å². The van der Waals surface area contributed by atoms with Crippen molar-refractivity contribution in [2.24, 2.45) is 0 Å². The van der Waals surface area contributed by atoms with Crippen LogP contribution in [0.15, 0.2) is 48.7 Å². The topological polar surface area (TPSA) is 47.5 Å². The van der Waals surface area contributed by atoms with Crippen molar-refractivity contribution in [3.63, 3.8) is 0 Å². The number of nitrogens with one attached hydrogen (secondary N) is 1. The molecule has 1 aliphatic heterocycles. The van der Waals surface area contributed by atoms with Crippen molar-refractivity contribution in [1.82, 2.24) is 19.8 Å². The Labute approximate surface area is 196 Å². The predicted octanol–water partition coefficient (Wildman–Crippen LogP) is 3.95. The standard InChI is InChI=1S/C25H32N6S/c1-4-30-13-15-31(16-14-30)24-17-19(2)22-18-21(8-9-23(22)28-24)27-25(32)29(3)12-10-20-7-5-6-11-26-20/h5-9,11,17-18H,4,10,12-16H2,1-3H3,(H,27,32). The number of hydrogen-bond donors (Lipinski definition) is 1. The van der Waals surface area contributed by atoms with E-state index in [9.17, 15) is 0 Å². The minimum absolute atomic E-state index is 0.705. The van der Waals surface area contributed by atoms with Gasteiger partial charge in [0.15, 0.2) is 5.11 Å². The molecule has 1 saturated heterocycles. The van der Waals surface area contributed by atoms with Crippen molar-refractivity contribution in [1.29, 1.82) is 0 Å². The van der Waals surface area contributed by atoms with Crippen LogP contribution in [-0.4, -0.2) is 71.2 Å². The number of anilines is 2. The molecule has 0 unspecified atom stereocenters. The predicted molar refractivity (Wildman–Crippen MR) is 138 cm³/mol. The number of nitrogens with zero attached hydrogens (tertiary/aromatic N) is 5. The Morgan fingerprint density at radius 3 is 2.66 bits per heavy atom. The minimum Gasteiger partial charge on any atom is -0.354 e. The zero-order valence-electron chi connectivity index (χ0n) is 19.2. The van der Waals surface area contributed by atoms with Gasteiger partial charge in [-0.05, 0) is 67.6 Å². The average molecular weight is 449 g/mol. The van der Waals surface area contributed by atoms with Crippen LogP contribution >= 0.6 is 12.2 Å². The van der Waals surface area contributed by atoms with Gasteiger partial charge in [0, 0.05) is 69.2 Å². The van der Waals surface area contributed by atoms with Gasteiger partial charge in [-0.15, -0.1) is 0 Å². The fourth-order valence-electron chi connectivity index (χ4n) is 4.06. The van der Waals surface area contributed by atoms with Gasteiger partial charge >= 0.3 is 0 Å². The maximum Gasteiger partial charge on any atom is 0.173 e. The van der Waals surface area contributed by atoms with E-state index in [1.165, 1.54) is 5.56 Å². The molecular formula is C25H32N6S. The van der Waals surface area contributed by atoms with Crippen LogP contribution in [0, 0.1) is 6.92 Å². The van der Waals surface area contributed by atoms with Crippen LogP contribution < -0.4 is 10.2 Å². The van der Waals surface area contributed by atoms with Gasteiger partial charge in [0.05, 0.1) is 5.52 Å². The van der Waals surface area contributed by atoms with Crippen LogP contribution in [-0.2, 0) is 6.42 Å². The Balaban J connectivity index is 1.41. The summed E-state index contributed by atoms with van der Waals surface area (Å²) in [5.41, 5.74) is 4.32. The number of pyridine rings is 2. The summed E-state index contributed by atoms with van der Waals surface area (Å²) in [7, 11) is 2.01. The molecule has 0 bridgehead atoms. The van der Waals surface area contributed by atoms with E-state index < -0.39 is 0 Å². The number of rotatable bonds is 6. The first-order chi connectivity index (χ1) is 15.5. The lowest BCUT2D eigenvalue weighted by atomic mass is 10.1. The molecule has 0 radical (unpaired) electrons. The molecule has 0 aliphatic carbocycles. The molecule has 2 aromatic heterocycles. The highest BCUT2D eigenvalue weighted by atomic mass is 32.1. The number of fused-ring (bicyclic) bond motifs is 1. The van der Waals surface area contributed by atoms with Crippen molar-refractivity contribution in [2.45, 2.75) is 20.3 Å². The fraction of sp³-hybridized carbons (Fsp3) is 0.400. The number of aromatic nitrogens is 2. The van der Waals surface area contributed by atoms with Crippen molar-refractivity contribution in [3.05, 3.63) is 59.9 Å². The van der Waals surface area contributed by atoms with Gasteiger partial charge in [-0.3, -0.25) is 4.98 Å². The Morgan fingerprint density at radius 1 is 1.12 bits per heavy atom. The molecule has 7 heteroatoms. The number of benzene rings is 1. The van der Waals surface area contributed by atoms with Crippen LogP contribution in [0.25, 0.3) is 10.9 Å². The van der Waals surface area contributed by atoms with Crippen LogP contribution in [0.4, 0.5) is 11.5 Å². The third-order valence-electron chi connectivity index (χ3n) is 6.17. The number of piperazine rings is 1. The Bertz CT molecular complexity index is 1060. The Kier molecular flexibility index (Phi) is 7.17. The molecule has 1 aliphatic rings. The summed E-state index contributed by atoms with van der Waals surface area (Å²) in [5, 5.41) is 5.24. The van der Waals surface area contributed by atoms with E-state index in [-0.39, 0.29) is 0 Å². The first-order valence-corrected chi connectivity index (χ1v) is 11.7. The van der Waals surface area contributed by atoms with E-state index in [0.29, 0.717) is 5.11 Å². The molecule has 0 atom stereocenters. The van der Waals surface area contributed by atoms with Crippen LogP contribution in [0.1, 0.15) is 18.2 Å². The molecule has 0 amide bonds. The lowest BCUT2D eigenvalue weighted by molar-refractivity contribution is 0.270. The zero-order chi connectivity index (χ0) is 22.5. The van der Waals surface area contributed by atoms with Crippen molar-refractivity contribution in [3.8, 4) is 0 Å². The van der Waals surface area contributed by atoms with Gasteiger partial charge in [-0.1, -0.05) is 13.0 Å². The summed E-state index contributed by atoms with van der Waals surface area (Å²) >= 11 is 5.62. The largest absolute Gasteiger partial charge is 0.354 e. The third kappa shape index (κ3) is 5.34. The Hall–Kier alpha value is -2.77. The number of likely N-dealkylation sites (N-methyl/N-ethyl adjacent to an activating group) is 2. The van der Waals surface area contributed by atoms with Gasteiger partial charge in [0.2, 0.25) is 0 Å². The van der Waals surface area contributed by atoms with Gasteiger partial charge < -0.3 is 20.0 Å².